The molecule has 0 aliphatic carbocycles. The minimum Gasteiger partial charge on any atom is -0.496 e. The third-order valence-electron chi connectivity index (χ3n) is 1.75. The molecule has 0 radical (unpaired) electrons. The van der Waals surface area contributed by atoms with Gasteiger partial charge in [0.2, 0.25) is 0 Å². The lowest BCUT2D eigenvalue weighted by atomic mass is 10.1. The Hall–Kier alpha value is -1.06. The smallest absolute Gasteiger partial charge is 0.123 e. The fraction of sp³-hybridized carbons (Fsp3) is 0.333. The zero-order chi connectivity index (χ0) is 8.97. The molecule has 3 N–H and O–H groups in total. The fourth-order valence-corrected chi connectivity index (χ4v) is 1.09. The van der Waals surface area contributed by atoms with Gasteiger partial charge >= 0.3 is 0 Å². The highest BCUT2D eigenvalue weighted by atomic mass is 16.5. The number of rotatable bonds is 3. The van der Waals surface area contributed by atoms with Crippen molar-refractivity contribution in [3.63, 3.8) is 0 Å². The summed E-state index contributed by atoms with van der Waals surface area (Å²) in [7, 11) is 1.60. The average Bonchev–Trinajstić information content (AvgIpc) is 2.16. The van der Waals surface area contributed by atoms with Crippen molar-refractivity contribution < 1.29 is 9.84 Å². The second kappa shape index (κ2) is 4.09. The summed E-state index contributed by atoms with van der Waals surface area (Å²) >= 11 is 0. The first-order chi connectivity index (χ1) is 5.81. The van der Waals surface area contributed by atoms with E-state index in [2.05, 4.69) is 0 Å². The monoisotopic (exact) mass is 167 g/mol. The van der Waals surface area contributed by atoms with Crippen molar-refractivity contribution in [1.29, 1.82) is 0 Å². The van der Waals surface area contributed by atoms with Crippen molar-refractivity contribution in [2.75, 3.05) is 7.11 Å². The van der Waals surface area contributed by atoms with Crippen LogP contribution in [-0.2, 0) is 13.2 Å². The van der Waals surface area contributed by atoms with Gasteiger partial charge < -0.3 is 15.6 Å². The first-order valence-electron chi connectivity index (χ1n) is 3.78. The van der Waals surface area contributed by atoms with Crippen LogP contribution in [0, 0.1) is 0 Å². The van der Waals surface area contributed by atoms with Crippen LogP contribution in [0.2, 0.25) is 0 Å². The number of nitrogens with two attached hydrogens (primary N) is 1. The van der Waals surface area contributed by atoms with Gasteiger partial charge in [0.05, 0.1) is 13.7 Å². The summed E-state index contributed by atoms with van der Waals surface area (Å²) in [4.78, 5) is 0. The predicted molar refractivity (Wildman–Crippen MR) is 46.8 cm³/mol. The minimum atomic E-state index is 0.0387. The molecule has 0 atom stereocenters. The van der Waals surface area contributed by atoms with Gasteiger partial charge in [-0.05, 0) is 17.7 Å². The molecule has 0 aliphatic rings. The molecule has 0 saturated heterocycles. The molecule has 0 unspecified atom stereocenters. The van der Waals surface area contributed by atoms with Crippen LogP contribution >= 0.6 is 0 Å². The number of aliphatic hydroxyl groups excluding tert-OH is 1. The molecule has 0 aromatic heterocycles. The van der Waals surface area contributed by atoms with E-state index in [9.17, 15) is 0 Å². The molecule has 3 nitrogen and oxygen atoms in total. The highest BCUT2D eigenvalue weighted by Gasteiger charge is 2.01. The van der Waals surface area contributed by atoms with E-state index in [1.807, 2.05) is 18.2 Å². The van der Waals surface area contributed by atoms with Crippen LogP contribution in [0.5, 0.6) is 5.75 Å². The molecule has 0 bridgehead atoms. The molecule has 12 heavy (non-hydrogen) atoms. The Morgan fingerprint density at radius 2 is 2.25 bits per heavy atom. The Bertz CT molecular complexity index is 261. The Kier molecular flexibility index (Phi) is 3.08. The third kappa shape index (κ3) is 1.75. The van der Waals surface area contributed by atoms with E-state index in [4.69, 9.17) is 15.6 Å². The van der Waals surface area contributed by atoms with Crippen LogP contribution in [-0.4, -0.2) is 12.2 Å². The molecule has 0 fully saturated rings. The van der Waals surface area contributed by atoms with E-state index in [1.54, 1.807) is 7.11 Å². The van der Waals surface area contributed by atoms with E-state index in [1.165, 1.54) is 0 Å². The Balaban J connectivity index is 3.02. The second-order valence-electron chi connectivity index (χ2n) is 2.51. The zero-order valence-corrected chi connectivity index (χ0v) is 7.08. The molecule has 0 amide bonds. The fourth-order valence-electron chi connectivity index (χ4n) is 1.09. The maximum Gasteiger partial charge on any atom is 0.123 e. The average molecular weight is 167 g/mol. The molecule has 0 spiro atoms. The summed E-state index contributed by atoms with van der Waals surface area (Å²) in [5.74, 6) is 0.773. The summed E-state index contributed by atoms with van der Waals surface area (Å²) in [6, 6.07) is 5.48. The number of methoxy groups -OCH3 is 1. The molecular weight excluding hydrogens is 154 g/mol. The largest absolute Gasteiger partial charge is 0.496 e. The minimum absolute atomic E-state index is 0.0387. The number of hydrogen-bond donors (Lipinski definition) is 2. The van der Waals surface area contributed by atoms with Crippen LogP contribution in [0.1, 0.15) is 11.1 Å². The van der Waals surface area contributed by atoms with Crippen LogP contribution < -0.4 is 10.5 Å². The standard InChI is InChI=1S/C9H13NO2/c1-12-9-3-2-7(6-11)4-8(9)5-10/h2-4,11H,5-6,10H2,1H3. The number of benzene rings is 1. The van der Waals surface area contributed by atoms with E-state index < -0.39 is 0 Å². The van der Waals surface area contributed by atoms with E-state index in [-0.39, 0.29) is 6.61 Å². The van der Waals surface area contributed by atoms with E-state index in [0.717, 1.165) is 16.9 Å². The molecular formula is C9H13NO2. The molecule has 1 rings (SSSR count). The molecule has 3 heteroatoms. The Morgan fingerprint density at radius 3 is 2.75 bits per heavy atom. The third-order valence-corrected chi connectivity index (χ3v) is 1.75. The first-order valence-corrected chi connectivity index (χ1v) is 3.78. The topological polar surface area (TPSA) is 55.5 Å². The van der Waals surface area contributed by atoms with Gasteiger partial charge in [-0.15, -0.1) is 0 Å². The Labute approximate surface area is 71.8 Å². The lowest BCUT2D eigenvalue weighted by Gasteiger charge is -2.07. The summed E-state index contributed by atoms with van der Waals surface area (Å²) in [5, 5.41) is 8.84. The summed E-state index contributed by atoms with van der Waals surface area (Å²) < 4.78 is 5.07. The number of aliphatic hydroxyl groups is 1. The van der Waals surface area contributed by atoms with Gasteiger partial charge in [-0.2, -0.15) is 0 Å². The quantitative estimate of drug-likeness (QED) is 0.694. The summed E-state index contributed by atoms with van der Waals surface area (Å²) in [6.07, 6.45) is 0. The highest BCUT2D eigenvalue weighted by Crippen LogP contribution is 2.18. The molecule has 0 aliphatic heterocycles. The molecule has 0 heterocycles. The lowest BCUT2D eigenvalue weighted by Crippen LogP contribution is -2.00. The van der Waals surface area contributed by atoms with Crippen LogP contribution in [0.25, 0.3) is 0 Å². The van der Waals surface area contributed by atoms with Crippen LogP contribution in [0.15, 0.2) is 18.2 Å². The first kappa shape index (κ1) is 9.03. The summed E-state index contributed by atoms with van der Waals surface area (Å²) in [6.45, 7) is 0.466. The van der Waals surface area contributed by atoms with Gasteiger partial charge in [0.1, 0.15) is 5.75 Å². The van der Waals surface area contributed by atoms with Crippen molar-refractivity contribution in [1.82, 2.24) is 0 Å². The number of hydrogen-bond acceptors (Lipinski definition) is 3. The molecule has 66 valence electrons. The molecule has 1 aromatic carbocycles. The van der Waals surface area contributed by atoms with Gasteiger partial charge in [0.25, 0.3) is 0 Å². The van der Waals surface area contributed by atoms with Crippen LogP contribution in [0.3, 0.4) is 0 Å². The van der Waals surface area contributed by atoms with E-state index in [0.29, 0.717) is 6.54 Å². The molecule has 0 saturated carbocycles. The van der Waals surface area contributed by atoms with Crippen molar-refractivity contribution in [3.8, 4) is 5.75 Å². The van der Waals surface area contributed by atoms with Gasteiger partial charge in [-0.3, -0.25) is 0 Å². The predicted octanol–water partition coefficient (Wildman–Crippen LogP) is 0.646. The Morgan fingerprint density at radius 1 is 1.50 bits per heavy atom. The molecule has 1 aromatic rings. The van der Waals surface area contributed by atoms with Gasteiger partial charge in [0, 0.05) is 12.1 Å². The van der Waals surface area contributed by atoms with Gasteiger partial charge in [-0.25, -0.2) is 0 Å². The summed E-state index contributed by atoms with van der Waals surface area (Å²) in [5.41, 5.74) is 7.27. The number of ether oxygens (including phenoxy) is 1. The van der Waals surface area contributed by atoms with Gasteiger partial charge in [0.15, 0.2) is 0 Å². The maximum absolute atomic E-state index is 8.84. The highest BCUT2D eigenvalue weighted by molar-refractivity contribution is 5.36. The SMILES string of the molecule is COc1ccc(CO)cc1CN. The second-order valence-corrected chi connectivity index (χ2v) is 2.51. The maximum atomic E-state index is 8.84. The van der Waals surface area contributed by atoms with Crippen molar-refractivity contribution in [2.45, 2.75) is 13.2 Å². The normalized spacial score (nSPS) is 9.92. The van der Waals surface area contributed by atoms with E-state index >= 15 is 0 Å². The van der Waals surface area contributed by atoms with Crippen LogP contribution in [0.4, 0.5) is 0 Å². The van der Waals surface area contributed by atoms with Gasteiger partial charge in [-0.1, -0.05) is 6.07 Å². The van der Waals surface area contributed by atoms with Crippen molar-refractivity contribution in [3.05, 3.63) is 29.3 Å². The zero-order valence-electron chi connectivity index (χ0n) is 7.08. The van der Waals surface area contributed by atoms with Crippen molar-refractivity contribution in [2.24, 2.45) is 5.73 Å². The lowest BCUT2D eigenvalue weighted by molar-refractivity contribution is 0.281. The van der Waals surface area contributed by atoms with Crippen molar-refractivity contribution >= 4 is 0 Å².